The number of halogens is 2. The Hall–Kier alpha value is -1.17. The van der Waals surface area contributed by atoms with Gasteiger partial charge in [0.2, 0.25) is 0 Å². The van der Waals surface area contributed by atoms with Gasteiger partial charge in [-0.15, -0.1) is 11.6 Å². The van der Waals surface area contributed by atoms with Gasteiger partial charge in [-0.25, -0.2) is 4.39 Å². The number of rotatable bonds is 6. The summed E-state index contributed by atoms with van der Waals surface area (Å²) in [6.07, 6.45) is -2.68. The third-order valence-electron chi connectivity index (χ3n) is 2.51. The van der Waals surface area contributed by atoms with E-state index < -0.39 is 24.0 Å². The molecule has 6 heteroatoms. The first-order chi connectivity index (χ1) is 8.45. The van der Waals surface area contributed by atoms with Gasteiger partial charge in [-0.05, 0) is 18.1 Å². The van der Waals surface area contributed by atoms with Gasteiger partial charge in [-0.2, -0.15) is 0 Å². The summed E-state index contributed by atoms with van der Waals surface area (Å²) in [6.45, 7) is 0. The summed E-state index contributed by atoms with van der Waals surface area (Å²) in [7, 11) is 0. The molecule has 0 heterocycles. The lowest BCUT2D eigenvalue weighted by atomic mass is 10.00. The van der Waals surface area contributed by atoms with Gasteiger partial charge in [-0.3, -0.25) is 4.79 Å². The molecular weight excluding hydrogens is 263 g/mol. The van der Waals surface area contributed by atoms with E-state index in [1.54, 1.807) is 0 Å². The number of aliphatic hydroxyl groups is 2. The smallest absolute Gasteiger partial charge is 0.307 e. The maximum atomic E-state index is 13.7. The molecule has 1 aromatic rings. The summed E-state index contributed by atoms with van der Waals surface area (Å²) in [5.74, 6) is -1.66. The summed E-state index contributed by atoms with van der Waals surface area (Å²) >= 11 is 5.42. The summed E-state index contributed by atoms with van der Waals surface area (Å²) < 4.78 is 13.7. The van der Waals surface area contributed by atoms with Crippen molar-refractivity contribution in [3.8, 4) is 0 Å². The maximum Gasteiger partial charge on any atom is 0.307 e. The van der Waals surface area contributed by atoms with Crippen molar-refractivity contribution in [2.75, 3.05) is 5.88 Å². The van der Waals surface area contributed by atoms with Crippen molar-refractivity contribution in [3.05, 3.63) is 35.1 Å². The van der Waals surface area contributed by atoms with Crippen LogP contribution in [0.3, 0.4) is 0 Å². The van der Waals surface area contributed by atoms with Gasteiger partial charge >= 0.3 is 5.97 Å². The van der Waals surface area contributed by atoms with Crippen LogP contribution in [0.15, 0.2) is 18.2 Å². The molecule has 0 fully saturated rings. The SMILES string of the molecule is O=C(O)Cc1ccc(C(O)C(O)CCCl)c(F)c1. The van der Waals surface area contributed by atoms with Crippen LogP contribution in [-0.4, -0.2) is 33.3 Å². The van der Waals surface area contributed by atoms with Crippen molar-refractivity contribution in [3.63, 3.8) is 0 Å². The number of carboxylic acids is 1. The Morgan fingerprint density at radius 1 is 1.39 bits per heavy atom. The van der Waals surface area contributed by atoms with Crippen molar-refractivity contribution >= 4 is 17.6 Å². The zero-order valence-electron chi connectivity index (χ0n) is 9.51. The fourth-order valence-corrected chi connectivity index (χ4v) is 1.80. The minimum atomic E-state index is -1.37. The highest BCUT2D eigenvalue weighted by Crippen LogP contribution is 2.23. The van der Waals surface area contributed by atoms with Gasteiger partial charge in [-0.1, -0.05) is 12.1 Å². The molecule has 1 rings (SSSR count). The maximum absolute atomic E-state index is 13.7. The third kappa shape index (κ3) is 3.94. The molecule has 4 nitrogen and oxygen atoms in total. The molecule has 2 atom stereocenters. The molecule has 0 aliphatic heterocycles. The first-order valence-corrected chi connectivity index (χ1v) is 5.91. The second-order valence-electron chi connectivity index (χ2n) is 3.92. The quantitative estimate of drug-likeness (QED) is 0.688. The van der Waals surface area contributed by atoms with E-state index in [1.165, 1.54) is 12.1 Å². The van der Waals surface area contributed by atoms with Crippen molar-refractivity contribution < 1.29 is 24.5 Å². The molecule has 0 saturated carbocycles. The zero-order valence-corrected chi connectivity index (χ0v) is 10.3. The Labute approximate surface area is 109 Å². The highest BCUT2D eigenvalue weighted by Gasteiger charge is 2.21. The van der Waals surface area contributed by atoms with Crippen molar-refractivity contribution in [1.82, 2.24) is 0 Å². The van der Waals surface area contributed by atoms with Crippen LogP contribution < -0.4 is 0 Å². The minimum Gasteiger partial charge on any atom is -0.481 e. The van der Waals surface area contributed by atoms with Crippen LogP contribution in [-0.2, 0) is 11.2 Å². The van der Waals surface area contributed by atoms with Gasteiger partial charge in [0.15, 0.2) is 0 Å². The standard InChI is InChI=1S/C12H14ClFO4/c13-4-3-10(15)12(18)8-2-1-7(5-9(8)14)6-11(16)17/h1-2,5,10,12,15,18H,3-4,6H2,(H,16,17). The highest BCUT2D eigenvalue weighted by molar-refractivity contribution is 6.17. The molecule has 0 bridgehead atoms. The van der Waals surface area contributed by atoms with Gasteiger partial charge in [0.25, 0.3) is 0 Å². The molecule has 0 aliphatic carbocycles. The number of aliphatic carboxylic acids is 1. The van der Waals surface area contributed by atoms with E-state index in [9.17, 15) is 19.4 Å². The molecule has 3 N–H and O–H groups in total. The summed E-state index contributed by atoms with van der Waals surface area (Å²) in [5, 5.41) is 27.8. The van der Waals surface area contributed by atoms with Crippen LogP contribution in [0.4, 0.5) is 4.39 Å². The van der Waals surface area contributed by atoms with E-state index in [2.05, 4.69) is 0 Å². The van der Waals surface area contributed by atoms with Crippen LogP contribution in [0.5, 0.6) is 0 Å². The van der Waals surface area contributed by atoms with Crippen molar-refractivity contribution in [1.29, 1.82) is 0 Å². The fraction of sp³-hybridized carbons (Fsp3) is 0.417. The van der Waals surface area contributed by atoms with E-state index in [1.807, 2.05) is 0 Å². The Morgan fingerprint density at radius 2 is 2.06 bits per heavy atom. The summed E-state index contributed by atoms with van der Waals surface area (Å²) in [6, 6.07) is 3.72. The molecule has 0 radical (unpaired) electrons. The predicted molar refractivity (Wildman–Crippen MR) is 64.0 cm³/mol. The second kappa shape index (κ2) is 6.68. The summed E-state index contributed by atoms with van der Waals surface area (Å²) in [4.78, 5) is 10.5. The Balaban J connectivity index is 2.87. The van der Waals surface area contributed by atoms with E-state index in [0.29, 0.717) is 5.56 Å². The average molecular weight is 277 g/mol. The highest BCUT2D eigenvalue weighted by atomic mass is 35.5. The summed E-state index contributed by atoms with van der Waals surface area (Å²) in [5.41, 5.74) is 0.226. The van der Waals surface area contributed by atoms with Crippen LogP contribution in [0.1, 0.15) is 23.7 Å². The lowest BCUT2D eigenvalue weighted by molar-refractivity contribution is -0.136. The second-order valence-corrected chi connectivity index (χ2v) is 4.29. The van der Waals surface area contributed by atoms with Crippen LogP contribution in [0.25, 0.3) is 0 Å². The topological polar surface area (TPSA) is 77.8 Å². The van der Waals surface area contributed by atoms with Gasteiger partial charge in [0, 0.05) is 11.4 Å². The van der Waals surface area contributed by atoms with E-state index in [0.717, 1.165) is 6.07 Å². The number of carboxylic acid groups (broad SMARTS) is 1. The largest absolute Gasteiger partial charge is 0.481 e. The van der Waals surface area contributed by atoms with Crippen LogP contribution in [0.2, 0.25) is 0 Å². The van der Waals surface area contributed by atoms with Gasteiger partial charge in [0.1, 0.15) is 11.9 Å². The molecular formula is C12H14ClFO4. The Kier molecular flexibility index (Phi) is 5.53. The average Bonchev–Trinajstić information content (AvgIpc) is 2.28. The molecule has 0 aliphatic rings. The van der Waals surface area contributed by atoms with Crippen molar-refractivity contribution in [2.24, 2.45) is 0 Å². The molecule has 1 aromatic carbocycles. The van der Waals surface area contributed by atoms with E-state index >= 15 is 0 Å². The number of benzene rings is 1. The Morgan fingerprint density at radius 3 is 2.56 bits per heavy atom. The lowest BCUT2D eigenvalue weighted by Gasteiger charge is -2.18. The number of aliphatic hydroxyl groups excluding tert-OH is 2. The van der Waals surface area contributed by atoms with Gasteiger partial charge < -0.3 is 15.3 Å². The van der Waals surface area contributed by atoms with Crippen LogP contribution >= 0.6 is 11.6 Å². The first kappa shape index (κ1) is 14.9. The monoisotopic (exact) mass is 276 g/mol. The Bertz CT molecular complexity index is 425. The number of carbonyl (C=O) groups is 1. The molecule has 100 valence electrons. The third-order valence-corrected chi connectivity index (χ3v) is 2.73. The minimum absolute atomic E-state index is 0.0678. The first-order valence-electron chi connectivity index (χ1n) is 5.38. The normalized spacial score (nSPS) is 14.2. The molecule has 0 aromatic heterocycles. The van der Waals surface area contributed by atoms with Gasteiger partial charge in [0.05, 0.1) is 12.5 Å². The molecule has 0 saturated heterocycles. The van der Waals surface area contributed by atoms with Crippen LogP contribution in [0, 0.1) is 5.82 Å². The number of hydrogen-bond donors (Lipinski definition) is 3. The molecule has 0 amide bonds. The predicted octanol–water partition coefficient (Wildman–Crippen LogP) is 1.48. The van der Waals surface area contributed by atoms with E-state index in [-0.39, 0.29) is 24.3 Å². The number of hydrogen-bond acceptors (Lipinski definition) is 3. The molecule has 2 unspecified atom stereocenters. The van der Waals surface area contributed by atoms with E-state index in [4.69, 9.17) is 16.7 Å². The molecule has 18 heavy (non-hydrogen) atoms. The zero-order chi connectivity index (χ0) is 13.7. The number of alkyl halides is 1. The lowest BCUT2D eigenvalue weighted by Crippen LogP contribution is -2.20. The fourth-order valence-electron chi connectivity index (χ4n) is 1.57. The molecule has 0 spiro atoms. The van der Waals surface area contributed by atoms with Crippen molar-refractivity contribution in [2.45, 2.75) is 25.0 Å².